The molecule has 106 valence electrons. The number of benzene rings is 2. The van der Waals surface area contributed by atoms with Crippen molar-refractivity contribution in [3.05, 3.63) is 52.1 Å². The maximum absolute atomic E-state index is 10.9. The van der Waals surface area contributed by atoms with Crippen LogP contribution in [0.3, 0.4) is 0 Å². The number of nitro groups is 1. The number of nitrogens with two attached hydrogens (primary N) is 1. The van der Waals surface area contributed by atoms with E-state index in [1.54, 1.807) is 4.68 Å². The minimum absolute atomic E-state index is 0.243. The van der Waals surface area contributed by atoms with Crippen LogP contribution in [0, 0.1) is 10.1 Å². The molecule has 0 bridgehead atoms. The molecule has 0 aliphatic rings. The molecule has 0 radical (unpaired) electrons. The fourth-order valence-corrected chi connectivity index (χ4v) is 2.13. The minimum atomic E-state index is -0.627. The van der Waals surface area contributed by atoms with Gasteiger partial charge in [-0.15, -0.1) is 5.10 Å². The van der Waals surface area contributed by atoms with Crippen molar-refractivity contribution in [1.82, 2.24) is 15.0 Å². The fraction of sp³-hybridized carbons (Fsp3) is 0.0769. The third-order valence-electron chi connectivity index (χ3n) is 3.15. The molecule has 0 saturated heterocycles. The molecule has 3 rings (SSSR count). The van der Waals surface area contributed by atoms with Gasteiger partial charge in [0.05, 0.1) is 17.0 Å². The van der Waals surface area contributed by atoms with Gasteiger partial charge in [-0.05, 0) is 23.8 Å². The Balaban J connectivity index is 2.04. The monoisotopic (exact) mass is 285 g/mol. The lowest BCUT2D eigenvalue weighted by Crippen LogP contribution is -2.04. The predicted octanol–water partition coefficient (Wildman–Crippen LogP) is 1.68. The normalized spacial score (nSPS) is 10.9. The smallest absolute Gasteiger partial charge is 0.296 e. The number of rotatable bonds is 3. The van der Waals surface area contributed by atoms with Crippen LogP contribution in [-0.2, 0) is 6.54 Å². The first kappa shape index (κ1) is 12.9. The molecule has 3 aromatic rings. The first-order valence-corrected chi connectivity index (χ1v) is 6.10. The minimum Gasteiger partial charge on any atom is -0.506 e. The van der Waals surface area contributed by atoms with Gasteiger partial charge in [-0.25, -0.2) is 4.68 Å². The topological polar surface area (TPSA) is 120 Å². The average molecular weight is 285 g/mol. The maximum atomic E-state index is 10.9. The number of fused-ring (bicyclic) bond motifs is 1. The second-order valence-corrected chi connectivity index (χ2v) is 4.54. The zero-order valence-corrected chi connectivity index (χ0v) is 10.8. The van der Waals surface area contributed by atoms with E-state index in [4.69, 9.17) is 5.73 Å². The molecular weight excluding hydrogens is 274 g/mol. The summed E-state index contributed by atoms with van der Waals surface area (Å²) in [7, 11) is 0. The highest BCUT2D eigenvalue weighted by Gasteiger charge is 2.17. The van der Waals surface area contributed by atoms with Crippen molar-refractivity contribution in [2.75, 3.05) is 5.73 Å². The largest absolute Gasteiger partial charge is 0.506 e. The molecule has 0 aliphatic carbocycles. The quantitative estimate of drug-likeness (QED) is 0.327. The molecule has 0 amide bonds. The molecular formula is C13H11N5O3. The van der Waals surface area contributed by atoms with E-state index in [1.165, 1.54) is 12.1 Å². The lowest BCUT2D eigenvalue weighted by molar-refractivity contribution is -0.384. The van der Waals surface area contributed by atoms with Crippen LogP contribution in [0.1, 0.15) is 5.56 Å². The Hall–Kier alpha value is -3.16. The Morgan fingerprint density at radius 3 is 2.86 bits per heavy atom. The van der Waals surface area contributed by atoms with Gasteiger partial charge in [0.2, 0.25) is 0 Å². The highest BCUT2D eigenvalue weighted by molar-refractivity contribution is 5.74. The van der Waals surface area contributed by atoms with E-state index >= 15 is 0 Å². The summed E-state index contributed by atoms with van der Waals surface area (Å²) in [5.74, 6) is -0.316. The SMILES string of the molecule is Nc1c(O)cc(Cn2nnc3ccccc32)cc1[N+](=O)[O-]. The molecule has 8 nitrogen and oxygen atoms in total. The highest BCUT2D eigenvalue weighted by atomic mass is 16.6. The zero-order valence-electron chi connectivity index (χ0n) is 10.8. The molecule has 8 heteroatoms. The van der Waals surface area contributed by atoms with Gasteiger partial charge in [-0.2, -0.15) is 0 Å². The van der Waals surface area contributed by atoms with E-state index in [0.717, 1.165) is 11.0 Å². The van der Waals surface area contributed by atoms with Crippen LogP contribution in [-0.4, -0.2) is 25.0 Å². The van der Waals surface area contributed by atoms with Crippen molar-refractivity contribution in [2.45, 2.75) is 6.54 Å². The number of nitro benzene ring substituents is 1. The van der Waals surface area contributed by atoms with Crippen LogP contribution >= 0.6 is 0 Å². The number of nitrogen functional groups attached to an aromatic ring is 1. The van der Waals surface area contributed by atoms with Crippen LogP contribution in [0.15, 0.2) is 36.4 Å². The number of phenolic OH excluding ortho intramolecular Hbond substituents is 1. The Kier molecular flexibility index (Phi) is 2.90. The van der Waals surface area contributed by atoms with Gasteiger partial charge in [0.25, 0.3) is 5.69 Å². The lowest BCUT2D eigenvalue weighted by Gasteiger charge is -2.06. The van der Waals surface area contributed by atoms with Gasteiger partial charge >= 0.3 is 0 Å². The van der Waals surface area contributed by atoms with Crippen molar-refractivity contribution in [3.8, 4) is 5.75 Å². The summed E-state index contributed by atoms with van der Waals surface area (Å²) in [4.78, 5) is 10.3. The second kappa shape index (κ2) is 4.75. The first-order chi connectivity index (χ1) is 10.1. The predicted molar refractivity (Wildman–Crippen MR) is 75.8 cm³/mol. The van der Waals surface area contributed by atoms with Gasteiger partial charge in [0.1, 0.15) is 11.3 Å². The first-order valence-electron chi connectivity index (χ1n) is 6.10. The van der Waals surface area contributed by atoms with E-state index < -0.39 is 4.92 Å². The van der Waals surface area contributed by atoms with E-state index in [9.17, 15) is 15.2 Å². The van der Waals surface area contributed by atoms with Crippen molar-refractivity contribution in [3.63, 3.8) is 0 Å². The number of hydrogen-bond donors (Lipinski definition) is 2. The second-order valence-electron chi connectivity index (χ2n) is 4.54. The summed E-state index contributed by atoms with van der Waals surface area (Å²) in [5.41, 5.74) is 6.97. The summed E-state index contributed by atoms with van der Waals surface area (Å²) >= 11 is 0. The molecule has 1 heterocycles. The molecule has 0 aliphatic heterocycles. The van der Waals surface area contributed by atoms with E-state index in [2.05, 4.69) is 10.3 Å². The Bertz CT molecular complexity index is 843. The summed E-state index contributed by atoms with van der Waals surface area (Å²) in [5, 5.41) is 28.6. The third kappa shape index (κ3) is 2.22. The van der Waals surface area contributed by atoms with Crippen LogP contribution in [0.2, 0.25) is 0 Å². The molecule has 0 spiro atoms. The molecule has 21 heavy (non-hydrogen) atoms. The summed E-state index contributed by atoms with van der Waals surface area (Å²) in [6, 6.07) is 10.1. The average Bonchev–Trinajstić information content (AvgIpc) is 2.86. The zero-order chi connectivity index (χ0) is 15.0. The van der Waals surface area contributed by atoms with Crippen molar-refractivity contribution in [1.29, 1.82) is 0 Å². The summed E-state index contributed by atoms with van der Waals surface area (Å²) in [6.45, 7) is 0.245. The Morgan fingerprint density at radius 2 is 2.10 bits per heavy atom. The van der Waals surface area contributed by atoms with E-state index in [-0.39, 0.29) is 23.7 Å². The van der Waals surface area contributed by atoms with Crippen LogP contribution < -0.4 is 5.73 Å². The lowest BCUT2D eigenvalue weighted by atomic mass is 10.1. The number of hydrogen-bond acceptors (Lipinski definition) is 6. The molecule has 0 saturated carbocycles. The van der Waals surface area contributed by atoms with Gasteiger partial charge in [-0.3, -0.25) is 10.1 Å². The van der Waals surface area contributed by atoms with Crippen molar-refractivity contribution < 1.29 is 10.0 Å². The Labute approximate surface area is 118 Å². The van der Waals surface area contributed by atoms with Crippen molar-refractivity contribution >= 4 is 22.4 Å². The third-order valence-corrected chi connectivity index (χ3v) is 3.15. The van der Waals surface area contributed by atoms with E-state index in [0.29, 0.717) is 5.56 Å². The van der Waals surface area contributed by atoms with Crippen LogP contribution in [0.25, 0.3) is 11.0 Å². The number of para-hydroxylation sites is 1. The molecule has 2 aromatic carbocycles. The van der Waals surface area contributed by atoms with Crippen molar-refractivity contribution in [2.24, 2.45) is 0 Å². The number of aromatic nitrogens is 3. The molecule has 0 fully saturated rings. The number of nitrogens with zero attached hydrogens (tertiary/aromatic N) is 4. The highest BCUT2D eigenvalue weighted by Crippen LogP contribution is 2.32. The fourth-order valence-electron chi connectivity index (χ4n) is 2.13. The number of anilines is 1. The van der Waals surface area contributed by atoms with E-state index in [1.807, 2.05) is 24.3 Å². The van der Waals surface area contributed by atoms with Gasteiger partial charge in [-0.1, -0.05) is 17.3 Å². The summed E-state index contributed by atoms with van der Waals surface area (Å²) < 4.78 is 1.60. The van der Waals surface area contributed by atoms with Gasteiger partial charge < -0.3 is 10.8 Å². The molecule has 1 aromatic heterocycles. The maximum Gasteiger partial charge on any atom is 0.296 e. The van der Waals surface area contributed by atoms with Crippen LogP contribution in [0.5, 0.6) is 5.75 Å². The standard InChI is InChI=1S/C13H11N5O3/c14-13-11(18(20)21)5-8(6-12(13)19)7-17-10-4-2-1-3-9(10)15-16-17/h1-6,19H,7,14H2. The molecule has 3 N–H and O–H groups in total. The van der Waals surface area contributed by atoms with Crippen LogP contribution in [0.4, 0.5) is 11.4 Å². The molecule has 0 atom stereocenters. The summed E-state index contributed by atoms with van der Waals surface area (Å²) in [6.07, 6.45) is 0. The Morgan fingerprint density at radius 1 is 1.33 bits per heavy atom. The molecule has 0 unspecified atom stereocenters. The number of phenols is 1. The van der Waals surface area contributed by atoms with Gasteiger partial charge in [0.15, 0.2) is 5.69 Å². The van der Waals surface area contributed by atoms with Gasteiger partial charge in [0, 0.05) is 6.07 Å². The number of aromatic hydroxyl groups is 1.